The van der Waals surface area contributed by atoms with Gasteiger partial charge in [0.25, 0.3) is 0 Å². The fourth-order valence-electron chi connectivity index (χ4n) is 3.45. The lowest BCUT2D eigenvalue weighted by Gasteiger charge is -2.27. The zero-order valence-electron chi connectivity index (χ0n) is 18.7. The average Bonchev–Trinajstić information content (AvgIpc) is 3.29. The molecule has 0 aliphatic heterocycles. The van der Waals surface area contributed by atoms with Crippen LogP contribution in [0.2, 0.25) is 0 Å². The van der Waals surface area contributed by atoms with Gasteiger partial charge in [0.1, 0.15) is 36.9 Å². The molecule has 0 aliphatic rings. The molecule has 32 heavy (non-hydrogen) atoms. The summed E-state index contributed by atoms with van der Waals surface area (Å²) in [5.41, 5.74) is 3.08. The molecule has 172 valence electrons. The maximum Gasteiger partial charge on any atom is 0.122 e. The van der Waals surface area contributed by atoms with E-state index in [4.69, 9.17) is 21.1 Å². The summed E-state index contributed by atoms with van der Waals surface area (Å²) < 4.78 is 13.2. The van der Waals surface area contributed by atoms with Gasteiger partial charge in [-0.15, -0.1) is 11.6 Å². The van der Waals surface area contributed by atoms with Crippen LogP contribution >= 0.6 is 11.6 Å². The van der Waals surface area contributed by atoms with Gasteiger partial charge in [-0.05, 0) is 41.8 Å². The lowest BCUT2D eigenvalue weighted by atomic mass is 9.77. The fourth-order valence-corrected chi connectivity index (χ4v) is 3.54. The van der Waals surface area contributed by atoms with Gasteiger partial charge in [-0.2, -0.15) is 0 Å². The van der Waals surface area contributed by atoms with E-state index in [-0.39, 0.29) is 24.5 Å². The summed E-state index contributed by atoms with van der Waals surface area (Å²) in [6, 6.07) is 14.1. The summed E-state index contributed by atoms with van der Waals surface area (Å²) in [7, 11) is 0. The quantitative estimate of drug-likeness (QED) is 0.426. The topological polar surface area (TPSA) is 76.7 Å². The predicted octanol–water partition coefficient (Wildman–Crippen LogP) is 3.94. The zero-order chi connectivity index (χ0) is 23.1. The predicted molar refractivity (Wildman–Crippen MR) is 126 cm³/mol. The van der Waals surface area contributed by atoms with Crippen molar-refractivity contribution in [1.29, 1.82) is 0 Å². The van der Waals surface area contributed by atoms with Gasteiger partial charge >= 0.3 is 0 Å². The van der Waals surface area contributed by atoms with Gasteiger partial charge in [0, 0.05) is 17.8 Å². The Balaban J connectivity index is 1.62. The Labute approximate surface area is 194 Å². The molecule has 2 N–H and O–H groups in total. The third-order valence-electron chi connectivity index (χ3n) is 5.51. The Bertz CT molecular complexity index is 974. The van der Waals surface area contributed by atoms with Crippen molar-refractivity contribution >= 4 is 11.6 Å². The molecular formula is C25H31ClN2O4. The van der Waals surface area contributed by atoms with Crippen molar-refractivity contribution in [3.05, 3.63) is 77.9 Å². The second-order valence-corrected chi connectivity index (χ2v) is 8.78. The van der Waals surface area contributed by atoms with Crippen molar-refractivity contribution < 1.29 is 19.7 Å². The molecule has 6 nitrogen and oxygen atoms in total. The average molecular weight is 459 g/mol. The highest BCUT2D eigenvalue weighted by atomic mass is 35.5. The molecule has 0 saturated heterocycles. The van der Waals surface area contributed by atoms with Crippen LogP contribution < -0.4 is 9.47 Å². The number of aryl methyl sites for hydroxylation is 1. The van der Waals surface area contributed by atoms with Crippen molar-refractivity contribution in [3.8, 4) is 11.5 Å². The van der Waals surface area contributed by atoms with E-state index in [9.17, 15) is 10.2 Å². The Morgan fingerprint density at radius 1 is 1.00 bits per heavy atom. The monoisotopic (exact) mass is 458 g/mol. The lowest BCUT2D eigenvalue weighted by Crippen LogP contribution is -2.23. The number of aliphatic hydroxyl groups is 2. The van der Waals surface area contributed by atoms with Crippen molar-refractivity contribution in [1.82, 2.24) is 9.55 Å². The van der Waals surface area contributed by atoms with E-state index < -0.39 is 12.2 Å². The van der Waals surface area contributed by atoms with Crippen molar-refractivity contribution in [2.75, 3.05) is 19.1 Å². The van der Waals surface area contributed by atoms with Crippen LogP contribution in [0.25, 0.3) is 0 Å². The van der Waals surface area contributed by atoms with E-state index in [1.54, 1.807) is 12.5 Å². The molecule has 3 aromatic rings. The van der Waals surface area contributed by atoms with Gasteiger partial charge in [0.15, 0.2) is 0 Å². The van der Waals surface area contributed by atoms with Crippen LogP contribution in [-0.2, 0) is 12.0 Å². The smallest absolute Gasteiger partial charge is 0.122 e. The Morgan fingerprint density at radius 3 is 2.31 bits per heavy atom. The van der Waals surface area contributed by atoms with E-state index in [1.807, 2.05) is 54.1 Å². The van der Waals surface area contributed by atoms with Crippen molar-refractivity contribution in [2.45, 2.75) is 44.9 Å². The normalized spacial score (nSPS) is 13.6. The molecule has 0 radical (unpaired) electrons. The van der Waals surface area contributed by atoms with Crippen LogP contribution in [0.3, 0.4) is 0 Å². The Hall–Kier alpha value is -2.54. The number of halogens is 1. The molecule has 0 aliphatic carbocycles. The van der Waals surface area contributed by atoms with Gasteiger partial charge in [0.2, 0.25) is 0 Å². The first kappa shape index (κ1) is 24.1. The molecule has 0 amide bonds. The number of aromatic nitrogens is 2. The first-order chi connectivity index (χ1) is 15.3. The molecule has 0 spiro atoms. The van der Waals surface area contributed by atoms with Crippen LogP contribution in [-0.4, -0.2) is 51.1 Å². The largest absolute Gasteiger partial charge is 0.491 e. The first-order valence-electron chi connectivity index (χ1n) is 10.6. The van der Waals surface area contributed by atoms with E-state index >= 15 is 0 Å². The van der Waals surface area contributed by atoms with Gasteiger partial charge in [-0.3, -0.25) is 0 Å². The molecule has 7 heteroatoms. The summed E-state index contributed by atoms with van der Waals surface area (Å²) in [6.45, 7) is 7.16. The molecule has 1 aromatic heterocycles. The minimum atomic E-state index is -0.681. The summed E-state index contributed by atoms with van der Waals surface area (Å²) in [6.07, 6.45) is 3.87. The Morgan fingerprint density at radius 2 is 1.69 bits per heavy atom. The summed E-state index contributed by atoms with van der Waals surface area (Å²) >= 11 is 5.63. The van der Waals surface area contributed by atoms with Gasteiger partial charge in [0.05, 0.1) is 18.8 Å². The number of alkyl halides is 1. The maximum atomic E-state index is 10.1. The number of nitrogens with zero attached hydrogens (tertiary/aromatic N) is 2. The van der Waals surface area contributed by atoms with E-state index in [0.717, 1.165) is 22.4 Å². The molecular weight excluding hydrogens is 428 g/mol. The summed E-state index contributed by atoms with van der Waals surface area (Å²) in [5, 5.41) is 19.7. The second kappa shape index (κ2) is 10.9. The number of rotatable bonds is 11. The molecule has 2 aromatic carbocycles. The molecule has 0 unspecified atom stereocenters. The minimum absolute atomic E-state index is 0.146. The first-order valence-corrected chi connectivity index (χ1v) is 11.2. The van der Waals surface area contributed by atoms with Crippen LogP contribution in [0.4, 0.5) is 0 Å². The number of benzene rings is 2. The maximum absolute atomic E-state index is 10.1. The molecule has 0 fully saturated rings. The highest BCUT2D eigenvalue weighted by molar-refractivity contribution is 6.18. The number of imidazole rings is 1. The fraction of sp³-hybridized carbons (Fsp3) is 0.400. The number of hydrogen-bond donors (Lipinski definition) is 2. The van der Waals surface area contributed by atoms with Crippen molar-refractivity contribution in [3.63, 3.8) is 0 Å². The summed E-state index contributed by atoms with van der Waals surface area (Å²) in [5.74, 6) is 1.60. The number of hydrogen-bond acceptors (Lipinski definition) is 5. The molecule has 0 saturated carbocycles. The van der Waals surface area contributed by atoms with E-state index in [2.05, 4.69) is 24.9 Å². The van der Waals surface area contributed by atoms with E-state index in [1.165, 1.54) is 0 Å². The SMILES string of the molecule is Cc1cc(C(C)(C)c2ccc(OC[C@H](O)Cn3ccnc3)cc2)ccc1OC[C@@H](O)CCl. The molecule has 3 rings (SSSR count). The summed E-state index contributed by atoms with van der Waals surface area (Å²) in [4.78, 5) is 3.97. The van der Waals surface area contributed by atoms with Gasteiger partial charge < -0.3 is 24.3 Å². The minimum Gasteiger partial charge on any atom is -0.491 e. The number of aliphatic hydroxyl groups excluding tert-OH is 2. The van der Waals surface area contributed by atoms with Crippen LogP contribution in [0.15, 0.2) is 61.2 Å². The van der Waals surface area contributed by atoms with E-state index in [0.29, 0.717) is 12.3 Å². The lowest BCUT2D eigenvalue weighted by molar-refractivity contribution is 0.0924. The molecule has 2 atom stereocenters. The van der Waals surface area contributed by atoms with Crippen LogP contribution in [0.5, 0.6) is 11.5 Å². The third kappa shape index (κ3) is 6.25. The second-order valence-electron chi connectivity index (χ2n) is 8.47. The van der Waals surface area contributed by atoms with Crippen molar-refractivity contribution in [2.24, 2.45) is 0 Å². The highest BCUT2D eigenvalue weighted by Gasteiger charge is 2.24. The highest BCUT2D eigenvalue weighted by Crippen LogP contribution is 2.34. The van der Waals surface area contributed by atoms with Crippen LogP contribution in [0.1, 0.15) is 30.5 Å². The van der Waals surface area contributed by atoms with Crippen LogP contribution in [0, 0.1) is 6.92 Å². The third-order valence-corrected chi connectivity index (χ3v) is 5.86. The van der Waals surface area contributed by atoms with Gasteiger partial charge in [-0.1, -0.05) is 38.1 Å². The Kier molecular flexibility index (Phi) is 8.18. The van der Waals surface area contributed by atoms with Gasteiger partial charge in [-0.25, -0.2) is 4.98 Å². The zero-order valence-corrected chi connectivity index (χ0v) is 19.5. The molecule has 1 heterocycles. The molecule has 0 bridgehead atoms. The number of ether oxygens (including phenoxy) is 2. The standard InChI is InChI=1S/C25H31ClN2O4/c1-18-12-20(6-9-24(18)32-15-21(29)13-26)25(2,3)19-4-7-23(8-5-19)31-16-22(30)14-28-11-10-27-17-28/h4-12,17,21-22,29-30H,13-16H2,1-3H3/t21-,22+/m0/s1.